The van der Waals surface area contributed by atoms with Gasteiger partial charge in [-0.05, 0) is 29.7 Å². The maximum atomic E-state index is 12.6. The van der Waals surface area contributed by atoms with E-state index in [0.717, 1.165) is 24.2 Å². The van der Waals surface area contributed by atoms with E-state index in [1.807, 2.05) is 0 Å². The lowest BCUT2D eigenvalue weighted by atomic mass is 10.0. The molecule has 0 fully saturated rings. The molecule has 0 N–H and O–H groups in total. The van der Waals surface area contributed by atoms with Crippen molar-refractivity contribution in [2.75, 3.05) is 13.2 Å². The van der Waals surface area contributed by atoms with Crippen LogP contribution in [0.15, 0.2) is 30.3 Å². The van der Waals surface area contributed by atoms with E-state index in [1.165, 1.54) is 12.1 Å². The minimum Gasteiger partial charge on any atom is -0.376 e. The molecular weight excluding hydrogens is 167 g/mol. The first-order chi connectivity index (χ1) is 6.36. The lowest BCUT2D eigenvalue weighted by molar-refractivity contribution is 0.164. The summed E-state index contributed by atoms with van der Waals surface area (Å²) >= 11 is 0. The second-order valence-corrected chi connectivity index (χ2v) is 3.08. The van der Waals surface area contributed by atoms with Gasteiger partial charge in [-0.3, -0.25) is 0 Å². The lowest BCUT2D eigenvalue weighted by Crippen LogP contribution is -2.04. The molecule has 0 unspecified atom stereocenters. The second-order valence-electron chi connectivity index (χ2n) is 3.08. The molecule has 1 aliphatic heterocycles. The summed E-state index contributed by atoms with van der Waals surface area (Å²) in [4.78, 5) is 0. The van der Waals surface area contributed by atoms with E-state index in [4.69, 9.17) is 4.74 Å². The molecule has 0 saturated heterocycles. The molecule has 0 aliphatic carbocycles. The molecule has 0 atom stereocenters. The van der Waals surface area contributed by atoms with Crippen LogP contribution in [0.4, 0.5) is 4.39 Å². The Hall–Kier alpha value is -1.15. The van der Waals surface area contributed by atoms with Crippen LogP contribution in [0.2, 0.25) is 0 Å². The van der Waals surface area contributed by atoms with Crippen molar-refractivity contribution in [3.8, 4) is 0 Å². The van der Waals surface area contributed by atoms with Crippen LogP contribution in [0.5, 0.6) is 0 Å². The molecule has 0 radical (unpaired) electrons. The molecular formula is C11H11FO. The van der Waals surface area contributed by atoms with E-state index in [1.54, 1.807) is 12.1 Å². The van der Waals surface area contributed by atoms with Crippen LogP contribution in [-0.2, 0) is 4.74 Å². The molecule has 0 aromatic heterocycles. The van der Waals surface area contributed by atoms with Crippen LogP contribution in [0.1, 0.15) is 12.0 Å². The molecule has 13 heavy (non-hydrogen) atoms. The average Bonchev–Trinajstić information content (AvgIpc) is 2.20. The fourth-order valence-electron chi connectivity index (χ4n) is 1.42. The van der Waals surface area contributed by atoms with Crippen LogP contribution in [0, 0.1) is 5.82 Å². The highest BCUT2D eigenvalue weighted by Gasteiger charge is 2.05. The zero-order valence-corrected chi connectivity index (χ0v) is 7.29. The maximum Gasteiger partial charge on any atom is 0.123 e. The van der Waals surface area contributed by atoms with Gasteiger partial charge in [0.05, 0.1) is 13.2 Å². The monoisotopic (exact) mass is 178 g/mol. The molecule has 1 aromatic rings. The third-order valence-corrected chi connectivity index (χ3v) is 2.13. The number of hydrogen-bond donors (Lipinski definition) is 0. The first kappa shape index (κ1) is 8.45. The van der Waals surface area contributed by atoms with Crippen LogP contribution in [-0.4, -0.2) is 13.2 Å². The first-order valence-electron chi connectivity index (χ1n) is 4.39. The number of halogens is 1. The highest BCUT2D eigenvalue weighted by atomic mass is 19.1. The van der Waals surface area contributed by atoms with Gasteiger partial charge in [-0.15, -0.1) is 0 Å². The molecule has 0 spiro atoms. The Kier molecular flexibility index (Phi) is 2.41. The van der Waals surface area contributed by atoms with Gasteiger partial charge in [0, 0.05) is 0 Å². The third-order valence-electron chi connectivity index (χ3n) is 2.13. The Labute approximate surface area is 76.8 Å². The van der Waals surface area contributed by atoms with Gasteiger partial charge in [0.2, 0.25) is 0 Å². The smallest absolute Gasteiger partial charge is 0.123 e. The molecule has 1 aromatic carbocycles. The minimum absolute atomic E-state index is 0.193. The van der Waals surface area contributed by atoms with E-state index < -0.39 is 0 Å². The predicted molar refractivity (Wildman–Crippen MR) is 49.8 cm³/mol. The molecule has 2 rings (SSSR count). The molecule has 0 saturated carbocycles. The molecule has 1 heterocycles. The highest BCUT2D eigenvalue weighted by Crippen LogP contribution is 2.18. The van der Waals surface area contributed by atoms with Crippen LogP contribution in [0.25, 0.3) is 5.57 Å². The van der Waals surface area contributed by atoms with Gasteiger partial charge in [0.15, 0.2) is 0 Å². The molecule has 1 aliphatic rings. The summed E-state index contributed by atoms with van der Waals surface area (Å²) in [6, 6.07) is 6.53. The molecule has 1 nitrogen and oxygen atoms in total. The standard InChI is InChI=1S/C11H11FO/c12-11-5-3-9(4-6-11)10-2-1-7-13-8-10/h2-6H,1,7-8H2. The Balaban J connectivity index is 2.24. The maximum absolute atomic E-state index is 12.6. The Morgan fingerprint density at radius 1 is 1.15 bits per heavy atom. The van der Waals surface area contributed by atoms with Crippen molar-refractivity contribution in [1.82, 2.24) is 0 Å². The van der Waals surface area contributed by atoms with Crippen molar-refractivity contribution >= 4 is 5.57 Å². The summed E-state index contributed by atoms with van der Waals surface area (Å²) in [6.07, 6.45) is 3.10. The zero-order valence-electron chi connectivity index (χ0n) is 7.29. The van der Waals surface area contributed by atoms with E-state index in [-0.39, 0.29) is 5.82 Å². The SMILES string of the molecule is Fc1ccc(C2=CCCOC2)cc1. The normalized spacial score (nSPS) is 16.8. The summed E-state index contributed by atoms with van der Waals surface area (Å²) in [7, 11) is 0. The van der Waals surface area contributed by atoms with Crippen molar-refractivity contribution in [3.63, 3.8) is 0 Å². The van der Waals surface area contributed by atoms with Crippen molar-refractivity contribution in [2.24, 2.45) is 0 Å². The van der Waals surface area contributed by atoms with Crippen molar-refractivity contribution in [1.29, 1.82) is 0 Å². The molecule has 0 bridgehead atoms. The summed E-state index contributed by atoms with van der Waals surface area (Å²) in [6.45, 7) is 1.44. The number of benzene rings is 1. The van der Waals surface area contributed by atoms with Gasteiger partial charge < -0.3 is 4.74 Å². The highest BCUT2D eigenvalue weighted by molar-refractivity contribution is 5.66. The molecule has 0 amide bonds. The number of rotatable bonds is 1. The fourth-order valence-corrected chi connectivity index (χ4v) is 1.42. The van der Waals surface area contributed by atoms with E-state index in [2.05, 4.69) is 6.08 Å². The summed E-state index contributed by atoms with van der Waals surface area (Å²) in [5, 5.41) is 0. The Bertz CT molecular complexity index is 313. The van der Waals surface area contributed by atoms with Crippen molar-refractivity contribution in [2.45, 2.75) is 6.42 Å². The topological polar surface area (TPSA) is 9.23 Å². The van der Waals surface area contributed by atoms with Gasteiger partial charge in [0.25, 0.3) is 0 Å². The van der Waals surface area contributed by atoms with Crippen LogP contribution < -0.4 is 0 Å². The van der Waals surface area contributed by atoms with Gasteiger partial charge in [-0.2, -0.15) is 0 Å². The van der Waals surface area contributed by atoms with E-state index in [9.17, 15) is 4.39 Å². The van der Waals surface area contributed by atoms with Crippen LogP contribution >= 0.6 is 0 Å². The lowest BCUT2D eigenvalue weighted by Gasteiger charge is -2.13. The van der Waals surface area contributed by atoms with Crippen molar-refractivity contribution in [3.05, 3.63) is 41.7 Å². The van der Waals surface area contributed by atoms with Crippen LogP contribution in [0.3, 0.4) is 0 Å². The van der Waals surface area contributed by atoms with Gasteiger partial charge >= 0.3 is 0 Å². The van der Waals surface area contributed by atoms with E-state index >= 15 is 0 Å². The largest absolute Gasteiger partial charge is 0.376 e. The Morgan fingerprint density at radius 3 is 2.54 bits per heavy atom. The van der Waals surface area contributed by atoms with Gasteiger partial charge in [-0.25, -0.2) is 4.39 Å². The quantitative estimate of drug-likeness (QED) is 0.642. The second kappa shape index (κ2) is 3.71. The minimum atomic E-state index is -0.193. The van der Waals surface area contributed by atoms with Gasteiger partial charge in [-0.1, -0.05) is 18.2 Å². The molecule has 2 heteroatoms. The van der Waals surface area contributed by atoms with E-state index in [0.29, 0.717) is 6.61 Å². The van der Waals surface area contributed by atoms with Crippen molar-refractivity contribution < 1.29 is 9.13 Å². The zero-order chi connectivity index (χ0) is 9.10. The summed E-state index contributed by atoms with van der Waals surface area (Å²) in [5.41, 5.74) is 2.22. The average molecular weight is 178 g/mol. The van der Waals surface area contributed by atoms with Gasteiger partial charge in [0.1, 0.15) is 5.82 Å². The third kappa shape index (κ3) is 1.95. The summed E-state index contributed by atoms with van der Waals surface area (Å²) in [5.74, 6) is -0.193. The number of hydrogen-bond acceptors (Lipinski definition) is 1. The first-order valence-corrected chi connectivity index (χ1v) is 4.39. The summed E-state index contributed by atoms with van der Waals surface area (Å²) < 4.78 is 17.9. The fraction of sp³-hybridized carbons (Fsp3) is 0.273. The Morgan fingerprint density at radius 2 is 1.92 bits per heavy atom. The molecule has 68 valence electrons. The number of ether oxygens (including phenoxy) is 1. The predicted octanol–water partition coefficient (Wildman–Crippen LogP) is 2.63.